The number of nitrogens with two attached hydrogens (primary N) is 1. The van der Waals surface area contributed by atoms with Gasteiger partial charge in [0.25, 0.3) is 0 Å². The fourth-order valence-electron chi connectivity index (χ4n) is 2.87. The number of benzene rings is 1. The summed E-state index contributed by atoms with van der Waals surface area (Å²) >= 11 is 0. The van der Waals surface area contributed by atoms with Crippen molar-refractivity contribution in [2.75, 3.05) is 13.2 Å². The van der Waals surface area contributed by atoms with Gasteiger partial charge in [0.1, 0.15) is 0 Å². The average molecular weight is 233 g/mol. The zero-order valence-electron chi connectivity index (χ0n) is 11.1. The molecule has 2 unspecified atom stereocenters. The van der Waals surface area contributed by atoms with E-state index >= 15 is 0 Å². The maximum absolute atomic E-state index is 6.03. The molecule has 2 N–H and O–H groups in total. The summed E-state index contributed by atoms with van der Waals surface area (Å²) in [5.74, 6) is 0. The second kappa shape index (κ2) is 4.79. The van der Waals surface area contributed by atoms with Crippen LogP contribution in [-0.2, 0) is 11.2 Å². The van der Waals surface area contributed by atoms with Gasteiger partial charge in [0.2, 0.25) is 0 Å². The Labute approximate surface area is 104 Å². The normalized spacial score (nSPS) is 28.6. The first-order valence-electron chi connectivity index (χ1n) is 6.46. The zero-order chi connectivity index (χ0) is 12.5. The predicted octanol–water partition coefficient (Wildman–Crippen LogP) is 2.60. The molecule has 1 fully saturated rings. The second-order valence-electron chi connectivity index (χ2n) is 5.38. The van der Waals surface area contributed by atoms with E-state index in [1.807, 2.05) is 0 Å². The smallest absolute Gasteiger partial charge is 0.0619 e. The van der Waals surface area contributed by atoms with Crippen molar-refractivity contribution in [3.05, 3.63) is 34.9 Å². The highest BCUT2D eigenvalue weighted by Gasteiger charge is 2.40. The van der Waals surface area contributed by atoms with Gasteiger partial charge in [-0.2, -0.15) is 0 Å². The molecule has 1 aliphatic rings. The molecule has 0 radical (unpaired) electrons. The standard InChI is InChI=1S/C15H23NO/c1-11-5-4-6-12(2)14(11)9-15(10-16)7-8-17-13(15)3/h4-6,13H,7-10,16H2,1-3H3. The van der Waals surface area contributed by atoms with Crippen LogP contribution in [0.25, 0.3) is 0 Å². The van der Waals surface area contributed by atoms with Crippen molar-refractivity contribution in [1.29, 1.82) is 0 Å². The minimum atomic E-state index is 0.136. The summed E-state index contributed by atoms with van der Waals surface area (Å²) in [6.45, 7) is 8.10. The summed E-state index contributed by atoms with van der Waals surface area (Å²) in [6.07, 6.45) is 2.40. The van der Waals surface area contributed by atoms with Gasteiger partial charge in [0, 0.05) is 18.6 Å². The first-order chi connectivity index (χ1) is 8.09. The minimum Gasteiger partial charge on any atom is -0.378 e. The quantitative estimate of drug-likeness (QED) is 0.871. The van der Waals surface area contributed by atoms with E-state index in [2.05, 4.69) is 39.0 Å². The molecule has 2 atom stereocenters. The van der Waals surface area contributed by atoms with Crippen molar-refractivity contribution in [2.24, 2.45) is 11.1 Å². The molecule has 0 spiro atoms. The van der Waals surface area contributed by atoms with Crippen LogP contribution in [0.3, 0.4) is 0 Å². The van der Waals surface area contributed by atoms with Crippen molar-refractivity contribution in [2.45, 2.75) is 39.7 Å². The Morgan fingerprint density at radius 1 is 1.35 bits per heavy atom. The van der Waals surface area contributed by atoms with E-state index in [4.69, 9.17) is 10.5 Å². The van der Waals surface area contributed by atoms with Crippen LogP contribution in [-0.4, -0.2) is 19.3 Å². The van der Waals surface area contributed by atoms with Crippen molar-refractivity contribution in [3.8, 4) is 0 Å². The Morgan fingerprint density at radius 3 is 2.47 bits per heavy atom. The molecule has 0 bridgehead atoms. The van der Waals surface area contributed by atoms with Gasteiger partial charge in [-0.1, -0.05) is 18.2 Å². The molecule has 2 heteroatoms. The van der Waals surface area contributed by atoms with Gasteiger partial charge < -0.3 is 10.5 Å². The Bertz CT molecular complexity index is 382. The summed E-state index contributed by atoms with van der Waals surface area (Å²) in [6, 6.07) is 6.50. The molecular formula is C15H23NO. The zero-order valence-corrected chi connectivity index (χ0v) is 11.1. The summed E-state index contributed by atoms with van der Waals surface area (Å²) in [7, 11) is 0. The Morgan fingerprint density at radius 2 is 2.00 bits per heavy atom. The Kier molecular flexibility index (Phi) is 3.55. The summed E-state index contributed by atoms with van der Waals surface area (Å²) in [4.78, 5) is 0. The molecule has 2 nitrogen and oxygen atoms in total. The third-order valence-corrected chi connectivity index (χ3v) is 4.41. The number of hydrogen-bond donors (Lipinski definition) is 1. The lowest BCUT2D eigenvalue weighted by molar-refractivity contribution is 0.0672. The third kappa shape index (κ3) is 2.24. The fourth-order valence-corrected chi connectivity index (χ4v) is 2.87. The lowest BCUT2D eigenvalue weighted by Crippen LogP contribution is -2.39. The highest BCUT2D eigenvalue weighted by atomic mass is 16.5. The van der Waals surface area contributed by atoms with Gasteiger partial charge in [-0.05, 0) is 50.3 Å². The van der Waals surface area contributed by atoms with E-state index in [0.29, 0.717) is 6.54 Å². The third-order valence-electron chi connectivity index (χ3n) is 4.41. The first kappa shape index (κ1) is 12.6. The molecule has 17 heavy (non-hydrogen) atoms. The van der Waals surface area contributed by atoms with Crippen molar-refractivity contribution >= 4 is 0 Å². The first-order valence-corrected chi connectivity index (χ1v) is 6.46. The maximum atomic E-state index is 6.03. The summed E-state index contributed by atoms with van der Waals surface area (Å²) in [5, 5.41) is 0. The van der Waals surface area contributed by atoms with E-state index in [1.54, 1.807) is 0 Å². The molecular weight excluding hydrogens is 210 g/mol. The number of ether oxygens (including phenoxy) is 1. The molecule has 0 amide bonds. The van der Waals surface area contributed by atoms with E-state index < -0.39 is 0 Å². The Hall–Kier alpha value is -0.860. The van der Waals surface area contributed by atoms with Gasteiger partial charge in [0.05, 0.1) is 6.10 Å². The molecule has 0 aromatic heterocycles. The van der Waals surface area contributed by atoms with Gasteiger partial charge in [-0.15, -0.1) is 0 Å². The van der Waals surface area contributed by atoms with Crippen molar-refractivity contribution in [3.63, 3.8) is 0 Å². The Balaban J connectivity index is 2.30. The van der Waals surface area contributed by atoms with E-state index in [1.165, 1.54) is 16.7 Å². The molecule has 2 rings (SSSR count). The van der Waals surface area contributed by atoms with Crippen LogP contribution in [0.5, 0.6) is 0 Å². The molecule has 94 valence electrons. The highest BCUT2D eigenvalue weighted by Crippen LogP contribution is 2.38. The molecule has 0 aliphatic carbocycles. The van der Waals surface area contributed by atoms with Crippen molar-refractivity contribution in [1.82, 2.24) is 0 Å². The van der Waals surface area contributed by atoms with Gasteiger partial charge >= 0.3 is 0 Å². The monoisotopic (exact) mass is 233 g/mol. The predicted molar refractivity (Wildman–Crippen MR) is 71.1 cm³/mol. The van der Waals surface area contributed by atoms with Crippen LogP contribution in [0.2, 0.25) is 0 Å². The van der Waals surface area contributed by atoms with E-state index in [9.17, 15) is 0 Å². The largest absolute Gasteiger partial charge is 0.378 e. The number of aryl methyl sites for hydroxylation is 2. The van der Waals surface area contributed by atoms with Gasteiger partial charge in [0.15, 0.2) is 0 Å². The van der Waals surface area contributed by atoms with Crippen molar-refractivity contribution < 1.29 is 4.74 Å². The maximum Gasteiger partial charge on any atom is 0.0619 e. The second-order valence-corrected chi connectivity index (χ2v) is 5.38. The van der Waals surface area contributed by atoms with Gasteiger partial charge in [-0.3, -0.25) is 0 Å². The molecule has 1 heterocycles. The SMILES string of the molecule is Cc1cccc(C)c1CC1(CN)CCOC1C. The molecule has 0 saturated carbocycles. The topological polar surface area (TPSA) is 35.2 Å². The lowest BCUT2D eigenvalue weighted by atomic mass is 9.75. The molecule has 1 aliphatic heterocycles. The fraction of sp³-hybridized carbons (Fsp3) is 0.600. The number of hydrogen-bond acceptors (Lipinski definition) is 2. The van der Waals surface area contributed by atoms with E-state index in [0.717, 1.165) is 19.4 Å². The van der Waals surface area contributed by atoms with Crippen LogP contribution >= 0.6 is 0 Å². The minimum absolute atomic E-state index is 0.136. The average Bonchev–Trinajstić information content (AvgIpc) is 2.66. The lowest BCUT2D eigenvalue weighted by Gasteiger charge is -2.32. The van der Waals surface area contributed by atoms with Gasteiger partial charge in [-0.25, -0.2) is 0 Å². The van der Waals surface area contributed by atoms with Crippen LogP contribution in [0, 0.1) is 19.3 Å². The summed E-state index contributed by atoms with van der Waals surface area (Å²) < 4.78 is 5.73. The molecule has 1 aromatic carbocycles. The van der Waals surface area contributed by atoms with Crippen LogP contribution in [0.15, 0.2) is 18.2 Å². The van der Waals surface area contributed by atoms with Crippen LogP contribution in [0.4, 0.5) is 0 Å². The number of rotatable bonds is 3. The van der Waals surface area contributed by atoms with E-state index in [-0.39, 0.29) is 11.5 Å². The molecule has 1 aromatic rings. The van der Waals surface area contributed by atoms with Crippen LogP contribution in [0.1, 0.15) is 30.0 Å². The summed E-state index contributed by atoms with van der Waals surface area (Å²) in [5.41, 5.74) is 10.4. The highest BCUT2D eigenvalue weighted by molar-refractivity contribution is 5.34. The van der Waals surface area contributed by atoms with Crippen LogP contribution < -0.4 is 5.73 Å². The molecule has 1 saturated heterocycles.